The molecule has 0 amide bonds. The highest BCUT2D eigenvalue weighted by atomic mass is 32.2. The van der Waals surface area contributed by atoms with E-state index in [0.717, 1.165) is 0 Å². The molecule has 5 heteroatoms. The van der Waals surface area contributed by atoms with Crippen molar-refractivity contribution >= 4 is 15.8 Å². The number of hydrogen-bond donors (Lipinski definition) is 1. The summed E-state index contributed by atoms with van der Waals surface area (Å²) in [6.45, 7) is 0. The second-order valence-corrected chi connectivity index (χ2v) is 6.27. The fraction of sp³-hybridized carbons (Fsp3) is 0.125. The van der Waals surface area contributed by atoms with E-state index >= 15 is 0 Å². The van der Waals surface area contributed by atoms with E-state index in [9.17, 15) is 4.21 Å². The van der Waals surface area contributed by atoms with Crippen LogP contribution in [0, 0.1) is 4.78 Å². The summed E-state index contributed by atoms with van der Waals surface area (Å²) in [6, 6.07) is 14.1. The monoisotopic (exact) mass is 303 g/mol. The first-order valence-electron chi connectivity index (χ1n) is 6.31. The average molecular weight is 303 g/mol. The molecule has 2 aromatic rings. The topological polar surface area (TPSA) is 59.4 Å². The first-order chi connectivity index (χ1) is 10.1. The number of ether oxygens (including phenoxy) is 2. The van der Waals surface area contributed by atoms with Crippen molar-refractivity contribution in [2.24, 2.45) is 0 Å². The van der Waals surface area contributed by atoms with E-state index in [2.05, 4.69) is 0 Å². The standard InChI is InChI=1S/C16H17NO3S/c1-19-14-8-9-16(20-2)13(12-14)10-11-21(17,18)15-6-4-3-5-7-15/h3-12,17H,1-2H3/b11-10+. The molecule has 1 unspecified atom stereocenters. The minimum Gasteiger partial charge on any atom is -0.497 e. The van der Waals surface area contributed by atoms with Crippen LogP contribution in [0.25, 0.3) is 6.08 Å². The highest BCUT2D eigenvalue weighted by Crippen LogP contribution is 2.26. The van der Waals surface area contributed by atoms with Gasteiger partial charge in [0.1, 0.15) is 11.5 Å². The molecule has 2 aromatic carbocycles. The van der Waals surface area contributed by atoms with Crippen molar-refractivity contribution in [3.05, 3.63) is 59.5 Å². The number of rotatable bonds is 5. The SMILES string of the molecule is COc1ccc(OC)c(/C=C/S(=N)(=O)c2ccccc2)c1. The maximum absolute atomic E-state index is 12.4. The van der Waals surface area contributed by atoms with Gasteiger partial charge in [0.15, 0.2) is 0 Å². The molecule has 4 nitrogen and oxygen atoms in total. The van der Waals surface area contributed by atoms with E-state index in [0.29, 0.717) is 22.0 Å². The largest absolute Gasteiger partial charge is 0.497 e. The van der Waals surface area contributed by atoms with Crippen LogP contribution in [0.5, 0.6) is 11.5 Å². The summed E-state index contributed by atoms with van der Waals surface area (Å²) >= 11 is 0. The van der Waals surface area contributed by atoms with Gasteiger partial charge in [-0.25, -0.2) is 8.99 Å². The Morgan fingerprint density at radius 2 is 1.76 bits per heavy atom. The van der Waals surface area contributed by atoms with Crippen LogP contribution in [0.4, 0.5) is 0 Å². The Morgan fingerprint density at radius 1 is 1.05 bits per heavy atom. The summed E-state index contributed by atoms with van der Waals surface area (Å²) in [5.41, 5.74) is 0.716. The molecular weight excluding hydrogens is 286 g/mol. The van der Waals surface area contributed by atoms with Gasteiger partial charge in [-0.05, 0) is 36.4 Å². The molecular formula is C16H17NO3S. The van der Waals surface area contributed by atoms with Crippen molar-refractivity contribution in [2.45, 2.75) is 4.90 Å². The Morgan fingerprint density at radius 3 is 2.38 bits per heavy atom. The lowest BCUT2D eigenvalue weighted by molar-refractivity contribution is 0.402. The number of nitrogens with one attached hydrogen (secondary N) is 1. The highest BCUT2D eigenvalue weighted by Gasteiger charge is 2.07. The smallest absolute Gasteiger partial charge is 0.126 e. The normalized spacial score (nSPS) is 13.8. The summed E-state index contributed by atoms with van der Waals surface area (Å²) in [5, 5.41) is 1.39. The van der Waals surface area contributed by atoms with Crippen molar-refractivity contribution < 1.29 is 13.7 Å². The predicted molar refractivity (Wildman–Crippen MR) is 84.2 cm³/mol. The van der Waals surface area contributed by atoms with Gasteiger partial charge in [-0.3, -0.25) is 0 Å². The minimum atomic E-state index is -2.98. The first-order valence-corrected chi connectivity index (χ1v) is 7.93. The Hall–Kier alpha value is -2.27. The van der Waals surface area contributed by atoms with Crippen molar-refractivity contribution in [1.82, 2.24) is 0 Å². The van der Waals surface area contributed by atoms with Crippen LogP contribution in [0.1, 0.15) is 5.56 Å². The number of benzene rings is 2. The van der Waals surface area contributed by atoms with Crippen LogP contribution in [-0.2, 0) is 9.73 Å². The van der Waals surface area contributed by atoms with E-state index < -0.39 is 9.73 Å². The quantitative estimate of drug-likeness (QED) is 0.914. The van der Waals surface area contributed by atoms with Gasteiger partial charge in [0.25, 0.3) is 0 Å². The molecule has 1 N–H and O–H groups in total. The maximum Gasteiger partial charge on any atom is 0.126 e. The molecule has 0 radical (unpaired) electrons. The van der Waals surface area contributed by atoms with E-state index in [1.54, 1.807) is 62.8 Å². The Labute approximate surface area is 125 Å². The average Bonchev–Trinajstić information content (AvgIpc) is 2.53. The number of hydrogen-bond acceptors (Lipinski definition) is 4. The Kier molecular flexibility index (Phi) is 4.65. The van der Waals surface area contributed by atoms with Gasteiger partial charge in [-0.2, -0.15) is 0 Å². The van der Waals surface area contributed by atoms with Gasteiger partial charge < -0.3 is 9.47 Å². The molecule has 110 valence electrons. The summed E-state index contributed by atoms with van der Waals surface area (Å²) < 4.78 is 30.9. The molecule has 0 spiro atoms. The molecule has 0 aromatic heterocycles. The fourth-order valence-electron chi connectivity index (χ4n) is 1.84. The third-order valence-corrected chi connectivity index (χ3v) is 4.46. The van der Waals surface area contributed by atoms with Crippen LogP contribution >= 0.6 is 0 Å². The zero-order valence-corrected chi connectivity index (χ0v) is 12.7. The van der Waals surface area contributed by atoms with E-state index in [1.807, 2.05) is 6.07 Å². The molecule has 0 bridgehead atoms. The van der Waals surface area contributed by atoms with Crippen LogP contribution in [-0.4, -0.2) is 18.4 Å². The fourth-order valence-corrected chi connectivity index (χ4v) is 2.90. The summed E-state index contributed by atoms with van der Waals surface area (Å²) in [7, 11) is 0.160. The van der Waals surface area contributed by atoms with Crippen molar-refractivity contribution in [2.75, 3.05) is 14.2 Å². The van der Waals surface area contributed by atoms with E-state index in [-0.39, 0.29) is 0 Å². The van der Waals surface area contributed by atoms with Crippen LogP contribution < -0.4 is 9.47 Å². The predicted octanol–water partition coefficient (Wildman–Crippen LogP) is 3.78. The molecule has 0 aliphatic rings. The highest BCUT2D eigenvalue weighted by molar-refractivity contribution is 7.95. The summed E-state index contributed by atoms with van der Waals surface area (Å²) in [5.74, 6) is 1.31. The van der Waals surface area contributed by atoms with Crippen molar-refractivity contribution in [3.63, 3.8) is 0 Å². The van der Waals surface area contributed by atoms with Crippen molar-refractivity contribution in [3.8, 4) is 11.5 Å². The molecule has 0 aliphatic carbocycles. The zero-order valence-electron chi connectivity index (χ0n) is 11.9. The Bertz CT molecular complexity index is 737. The van der Waals surface area contributed by atoms with E-state index in [1.165, 1.54) is 5.41 Å². The summed E-state index contributed by atoms with van der Waals surface area (Å²) in [4.78, 5) is 0.475. The molecule has 0 aliphatic heterocycles. The lowest BCUT2D eigenvalue weighted by Crippen LogP contribution is -1.94. The van der Waals surface area contributed by atoms with Gasteiger partial charge in [0, 0.05) is 11.0 Å². The second-order valence-electron chi connectivity index (χ2n) is 4.32. The maximum atomic E-state index is 12.4. The molecule has 21 heavy (non-hydrogen) atoms. The molecule has 0 fully saturated rings. The lowest BCUT2D eigenvalue weighted by Gasteiger charge is -2.07. The number of methoxy groups -OCH3 is 2. The molecule has 1 atom stereocenters. The molecule has 0 saturated carbocycles. The summed E-state index contributed by atoms with van der Waals surface area (Å²) in [6.07, 6.45) is 1.63. The lowest BCUT2D eigenvalue weighted by atomic mass is 10.2. The van der Waals surface area contributed by atoms with Crippen LogP contribution in [0.3, 0.4) is 0 Å². The third kappa shape index (κ3) is 3.64. The zero-order chi connectivity index (χ0) is 15.3. The van der Waals surface area contributed by atoms with Gasteiger partial charge in [-0.15, -0.1) is 0 Å². The van der Waals surface area contributed by atoms with Gasteiger partial charge in [-0.1, -0.05) is 18.2 Å². The van der Waals surface area contributed by atoms with Crippen LogP contribution in [0.15, 0.2) is 58.8 Å². The minimum absolute atomic E-state index is 0.475. The van der Waals surface area contributed by atoms with Gasteiger partial charge >= 0.3 is 0 Å². The van der Waals surface area contributed by atoms with Crippen molar-refractivity contribution in [1.29, 1.82) is 4.78 Å². The first kappa shape index (κ1) is 15.1. The molecule has 0 saturated heterocycles. The third-order valence-electron chi connectivity index (χ3n) is 2.97. The molecule has 0 heterocycles. The van der Waals surface area contributed by atoms with Gasteiger partial charge in [0.2, 0.25) is 0 Å². The second kappa shape index (κ2) is 6.45. The van der Waals surface area contributed by atoms with Crippen LogP contribution in [0.2, 0.25) is 0 Å². The van der Waals surface area contributed by atoms with E-state index in [4.69, 9.17) is 14.3 Å². The van der Waals surface area contributed by atoms with Gasteiger partial charge in [0.05, 0.1) is 28.8 Å². The molecule has 2 rings (SSSR count). The Balaban J connectivity index is 2.37.